The third kappa shape index (κ3) is 2.08. The Morgan fingerprint density at radius 2 is 2.33 bits per heavy atom. The Morgan fingerprint density at radius 1 is 1.67 bits per heavy atom. The Hall–Kier alpha value is -0.460. The molecular formula is C2HN4NaO2. The van der Waals surface area contributed by atoms with Crippen LogP contribution in [-0.4, -0.2) is 26.3 Å². The molecule has 0 aliphatic carbocycles. The van der Waals surface area contributed by atoms with E-state index < -0.39 is 6.09 Å². The van der Waals surface area contributed by atoms with Crippen molar-refractivity contribution in [1.82, 2.24) is 20.2 Å². The molecule has 0 aliphatic rings. The molecule has 0 radical (unpaired) electrons. The summed E-state index contributed by atoms with van der Waals surface area (Å²) in [5.74, 6) is 0. The van der Waals surface area contributed by atoms with E-state index in [4.69, 9.17) is 0 Å². The van der Waals surface area contributed by atoms with Gasteiger partial charge >= 0.3 is 29.6 Å². The molecule has 1 heterocycles. The normalized spacial score (nSPS) is 8.00. The van der Waals surface area contributed by atoms with E-state index in [0.717, 1.165) is 6.33 Å². The molecule has 1 aromatic rings. The predicted octanol–water partition coefficient (Wildman–Crippen LogP) is -5.13. The van der Waals surface area contributed by atoms with Gasteiger partial charge in [-0.2, -0.15) is 0 Å². The van der Waals surface area contributed by atoms with Crippen molar-refractivity contribution in [2.45, 2.75) is 0 Å². The van der Waals surface area contributed by atoms with Gasteiger partial charge in [0, 0.05) is 0 Å². The summed E-state index contributed by atoms with van der Waals surface area (Å²) in [6, 6.07) is 0. The van der Waals surface area contributed by atoms with E-state index in [1.165, 1.54) is 0 Å². The summed E-state index contributed by atoms with van der Waals surface area (Å²) < 4.78 is 0. The third-order valence-electron chi connectivity index (χ3n) is 0.512. The summed E-state index contributed by atoms with van der Waals surface area (Å²) in [6.45, 7) is 0. The van der Waals surface area contributed by atoms with Gasteiger partial charge in [0.15, 0.2) is 12.4 Å². The van der Waals surface area contributed by atoms with Gasteiger partial charge in [-0.3, -0.25) is 0 Å². The van der Waals surface area contributed by atoms with Crippen molar-refractivity contribution >= 4 is 6.09 Å². The first-order valence-electron chi connectivity index (χ1n) is 1.75. The van der Waals surface area contributed by atoms with Gasteiger partial charge in [0.2, 0.25) is 0 Å². The monoisotopic (exact) mass is 136 g/mol. The summed E-state index contributed by atoms with van der Waals surface area (Å²) in [6.07, 6.45) is -0.474. The summed E-state index contributed by atoms with van der Waals surface area (Å²) in [5.41, 5.74) is 0. The third-order valence-corrected chi connectivity index (χ3v) is 0.512. The van der Waals surface area contributed by atoms with Gasteiger partial charge in [0.05, 0.1) is 0 Å². The van der Waals surface area contributed by atoms with Crippen molar-refractivity contribution in [2.24, 2.45) is 0 Å². The van der Waals surface area contributed by atoms with Gasteiger partial charge in [0.1, 0.15) is 0 Å². The first-order valence-corrected chi connectivity index (χ1v) is 1.75. The van der Waals surface area contributed by atoms with Crippen LogP contribution < -0.4 is 34.7 Å². The van der Waals surface area contributed by atoms with Crippen LogP contribution in [0.3, 0.4) is 0 Å². The second-order valence-corrected chi connectivity index (χ2v) is 0.991. The maximum Gasteiger partial charge on any atom is 1.00 e. The Balaban J connectivity index is 0.000000640. The van der Waals surface area contributed by atoms with Crippen molar-refractivity contribution in [3.05, 3.63) is 6.33 Å². The molecule has 1 rings (SSSR count). The van der Waals surface area contributed by atoms with E-state index in [9.17, 15) is 9.90 Å². The van der Waals surface area contributed by atoms with E-state index in [-0.39, 0.29) is 29.6 Å². The van der Waals surface area contributed by atoms with Crippen LogP contribution >= 0.6 is 0 Å². The van der Waals surface area contributed by atoms with Crippen LogP contribution in [0, 0.1) is 0 Å². The van der Waals surface area contributed by atoms with Crippen LogP contribution in [0.5, 0.6) is 0 Å². The quantitative estimate of drug-likeness (QED) is 0.333. The zero-order chi connectivity index (χ0) is 5.98. The molecule has 0 amide bonds. The summed E-state index contributed by atoms with van der Waals surface area (Å²) in [4.78, 5) is 10.1. The molecular weight excluding hydrogens is 135 g/mol. The van der Waals surface area contributed by atoms with Crippen LogP contribution in [0.15, 0.2) is 6.33 Å². The molecule has 0 saturated carbocycles. The minimum atomic E-state index is -1.48. The number of hydrogen-bond donors (Lipinski definition) is 0. The first-order chi connectivity index (χ1) is 3.80. The number of carboxylic acid groups (broad SMARTS) is 1. The van der Waals surface area contributed by atoms with E-state index in [0.29, 0.717) is 4.80 Å². The van der Waals surface area contributed by atoms with E-state index in [1.807, 2.05) is 0 Å². The molecule has 0 fully saturated rings. The molecule has 0 N–H and O–H groups in total. The molecule has 42 valence electrons. The number of nitrogens with zero attached hydrogens (tertiary/aromatic N) is 4. The zero-order valence-electron chi connectivity index (χ0n) is 4.68. The van der Waals surface area contributed by atoms with Crippen LogP contribution in [0.25, 0.3) is 0 Å². The van der Waals surface area contributed by atoms with Crippen LogP contribution in [-0.2, 0) is 0 Å². The van der Waals surface area contributed by atoms with Gasteiger partial charge < -0.3 is 9.90 Å². The first kappa shape index (κ1) is 8.54. The number of carbonyl (C=O) groups excluding carboxylic acids is 1. The molecule has 0 atom stereocenters. The average molecular weight is 136 g/mol. The number of carbonyl (C=O) groups is 1. The summed E-state index contributed by atoms with van der Waals surface area (Å²) >= 11 is 0. The summed E-state index contributed by atoms with van der Waals surface area (Å²) in [7, 11) is 0. The molecule has 7 heteroatoms. The van der Waals surface area contributed by atoms with Crippen molar-refractivity contribution in [2.75, 3.05) is 0 Å². The Bertz CT molecular complexity index is 184. The van der Waals surface area contributed by atoms with E-state index >= 15 is 0 Å². The minimum Gasteiger partial charge on any atom is -0.527 e. The van der Waals surface area contributed by atoms with Gasteiger partial charge in [-0.1, -0.05) is 0 Å². The van der Waals surface area contributed by atoms with Gasteiger partial charge in [-0.05, 0) is 5.21 Å². The molecule has 1 aromatic heterocycles. The molecule has 0 aromatic carbocycles. The Kier molecular flexibility index (Phi) is 3.36. The molecule has 0 unspecified atom stereocenters. The predicted molar refractivity (Wildman–Crippen MR) is 18.6 cm³/mol. The van der Waals surface area contributed by atoms with Gasteiger partial charge in [0.25, 0.3) is 0 Å². The summed E-state index contributed by atoms with van der Waals surface area (Å²) in [5, 5.41) is 19.0. The number of tetrazole rings is 1. The number of rotatable bonds is 0. The van der Waals surface area contributed by atoms with Crippen molar-refractivity contribution < 1.29 is 39.5 Å². The number of hydrogen-bond acceptors (Lipinski definition) is 5. The maximum absolute atomic E-state index is 9.75. The van der Waals surface area contributed by atoms with Gasteiger partial charge in [-0.15, -0.1) is 15.0 Å². The second kappa shape index (κ2) is 3.54. The fraction of sp³-hybridized carbons (Fsp3) is 0. The number of aromatic nitrogens is 4. The maximum atomic E-state index is 9.75. The van der Waals surface area contributed by atoms with Crippen molar-refractivity contribution in [3.8, 4) is 0 Å². The molecule has 0 bridgehead atoms. The zero-order valence-corrected chi connectivity index (χ0v) is 6.68. The molecule has 9 heavy (non-hydrogen) atoms. The minimum absolute atomic E-state index is 0. The van der Waals surface area contributed by atoms with Crippen LogP contribution in [0.4, 0.5) is 4.79 Å². The molecule has 6 nitrogen and oxygen atoms in total. The fourth-order valence-electron chi connectivity index (χ4n) is 0.251. The topological polar surface area (TPSA) is 83.7 Å². The Morgan fingerprint density at radius 3 is 2.56 bits per heavy atom. The second-order valence-electron chi connectivity index (χ2n) is 0.991. The molecule has 0 spiro atoms. The average Bonchev–Trinajstić information content (AvgIpc) is 2.12. The van der Waals surface area contributed by atoms with E-state index in [2.05, 4.69) is 15.4 Å². The van der Waals surface area contributed by atoms with Crippen molar-refractivity contribution in [1.29, 1.82) is 0 Å². The van der Waals surface area contributed by atoms with Crippen LogP contribution in [0.2, 0.25) is 0 Å². The molecule has 0 aliphatic heterocycles. The van der Waals surface area contributed by atoms with E-state index in [1.54, 1.807) is 0 Å². The van der Waals surface area contributed by atoms with Crippen LogP contribution in [0.1, 0.15) is 0 Å². The largest absolute Gasteiger partial charge is 1.00 e. The SMILES string of the molecule is O=C([O-])n1ncnn1.[Na+]. The standard InChI is InChI=1S/C2H2N4O2.Na/c7-2(8)6-4-1-3-5-6;/h1H,(H,7,8);/q;+1/p-1. The molecule has 0 saturated heterocycles. The fourth-order valence-corrected chi connectivity index (χ4v) is 0.251. The van der Waals surface area contributed by atoms with Crippen molar-refractivity contribution in [3.63, 3.8) is 0 Å². The Labute approximate surface area is 72.1 Å². The smallest absolute Gasteiger partial charge is 0.527 e. The van der Waals surface area contributed by atoms with Gasteiger partial charge in [-0.25, -0.2) is 0 Å².